The minimum atomic E-state index is -3.68. The average Bonchev–Trinajstić information content (AvgIpc) is 2.24. The highest BCUT2D eigenvalue weighted by Crippen LogP contribution is 1.95. The van der Waals surface area contributed by atoms with Gasteiger partial charge in [0.25, 0.3) is 0 Å². The first-order valence-electron chi connectivity index (χ1n) is 5.12. The Labute approximate surface area is 101 Å². The summed E-state index contributed by atoms with van der Waals surface area (Å²) in [6, 6.07) is -1.27. The first kappa shape index (κ1) is 16.3. The Morgan fingerprint density at radius 2 is 2.00 bits per heavy atom. The molecule has 0 saturated heterocycles. The maximum absolute atomic E-state index is 11.5. The predicted molar refractivity (Wildman–Crippen MR) is 60.9 cm³/mol. The highest BCUT2D eigenvalue weighted by molar-refractivity contribution is 7.89. The molecule has 0 aliphatic carbocycles. The molecular formula is C9H19NO6S. The summed E-state index contributed by atoms with van der Waals surface area (Å²) in [7, 11) is -2.57. The number of carbonyl (C=O) groups excluding carboxylic acids is 1. The number of nitrogens with one attached hydrogen (secondary N) is 1. The van der Waals surface area contributed by atoms with E-state index in [1.54, 1.807) is 13.8 Å². The molecule has 0 aliphatic heterocycles. The van der Waals surface area contributed by atoms with Crippen molar-refractivity contribution in [3.8, 4) is 0 Å². The molecule has 1 unspecified atom stereocenters. The molecule has 0 aromatic heterocycles. The third kappa shape index (κ3) is 7.27. The summed E-state index contributed by atoms with van der Waals surface area (Å²) < 4.78 is 34.4. The van der Waals surface area contributed by atoms with Crippen LogP contribution in [-0.4, -0.2) is 57.7 Å². The molecule has 0 rings (SSSR count). The molecule has 0 saturated carbocycles. The molecule has 0 bridgehead atoms. The highest BCUT2D eigenvalue weighted by Gasteiger charge is 2.24. The van der Waals surface area contributed by atoms with E-state index >= 15 is 0 Å². The number of hydrogen-bond acceptors (Lipinski definition) is 6. The number of hydrogen-bond donors (Lipinski definition) is 2. The third-order valence-corrected chi connectivity index (χ3v) is 3.14. The second-order valence-electron chi connectivity index (χ2n) is 3.61. The standard InChI is InChI=1S/C9H19NO6S/c1-7(2)16-4-5-17(13,14)10-8(6-11)9(12)15-3/h7-8,10-11H,4-6H2,1-3H3. The van der Waals surface area contributed by atoms with Gasteiger partial charge in [0, 0.05) is 0 Å². The lowest BCUT2D eigenvalue weighted by molar-refractivity contribution is -0.143. The van der Waals surface area contributed by atoms with E-state index in [1.807, 2.05) is 4.72 Å². The summed E-state index contributed by atoms with van der Waals surface area (Å²) in [5, 5.41) is 8.85. The van der Waals surface area contributed by atoms with Gasteiger partial charge in [-0.25, -0.2) is 8.42 Å². The Bertz CT molecular complexity index is 326. The van der Waals surface area contributed by atoms with Crippen molar-refractivity contribution in [3.63, 3.8) is 0 Å². The lowest BCUT2D eigenvalue weighted by Crippen LogP contribution is -2.45. The first-order chi connectivity index (χ1) is 7.82. The molecule has 7 nitrogen and oxygen atoms in total. The summed E-state index contributed by atoms with van der Waals surface area (Å²) >= 11 is 0. The number of methoxy groups -OCH3 is 1. The Balaban J connectivity index is 4.27. The van der Waals surface area contributed by atoms with E-state index in [0.29, 0.717) is 0 Å². The van der Waals surface area contributed by atoms with E-state index in [4.69, 9.17) is 9.84 Å². The fourth-order valence-electron chi connectivity index (χ4n) is 0.971. The topological polar surface area (TPSA) is 102 Å². The normalized spacial score (nSPS) is 13.7. The van der Waals surface area contributed by atoms with Crippen molar-refractivity contribution in [3.05, 3.63) is 0 Å². The van der Waals surface area contributed by atoms with Gasteiger partial charge >= 0.3 is 5.97 Å². The van der Waals surface area contributed by atoms with Crippen LogP contribution in [0.2, 0.25) is 0 Å². The SMILES string of the molecule is COC(=O)C(CO)NS(=O)(=O)CCOC(C)C. The van der Waals surface area contributed by atoms with Gasteiger partial charge in [-0.2, -0.15) is 4.72 Å². The number of carbonyl (C=O) groups is 1. The van der Waals surface area contributed by atoms with Crippen molar-refractivity contribution in [1.29, 1.82) is 0 Å². The molecule has 0 radical (unpaired) electrons. The zero-order valence-corrected chi connectivity index (χ0v) is 11.0. The second-order valence-corrected chi connectivity index (χ2v) is 5.49. The van der Waals surface area contributed by atoms with E-state index in [9.17, 15) is 13.2 Å². The molecule has 1 atom stereocenters. The van der Waals surface area contributed by atoms with E-state index in [1.165, 1.54) is 0 Å². The molecule has 2 N–H and O–H groups in total. The molecule has 0 aliphatic rings. The van der Waals surface area contributed by atoms with E-state index in [-0.39, 0.29) is 18.5 Å². The lowest BCUT2D eigenvalue weighted by Gasteiger charge is -2.14. The lowest BCUT2D eigenvalue weighted by atomic mass is 10.3. The molecule has 102 valence electrons. The second kappa shape index (κ2) is 7.59. The molecule has 0 aromatic carbocycles. The van der Waals surface area contributed by atoms with Crippen molar-refractivity contribution in [2.45, 2.75) is 26.0 Å². The van der Waals surface area contributed by atoms with E-state index in [0.717, 1.165) is 7.11 Å². The molecule has 0 heterocycles. The third-order valence-electron chi connectivity index (χ3n) is 1.79. The Morgan fingerprint density at radius 1 is 1.41 bits per heavy atom. The first-order valence-corrected chi connectivity index (χ1v) is 6.78. The van der Waals surface area contributed by atoms with Crippen LogP contribution in [0, 0.1) is 0 Å². The molecular weight excluding hydrogens is 250 g/mol. The number of aliphatic hydroxyl groups is 1. The smallest absolute Gasteiger partial charge is 0.326 e. The number of sulfonamides is 1. The van der Waals surface area contributed by atoms with Gasteiger partial charge in [0.2, 0.25) is 10.0 Å². The zero-order chi connectivity index (χ0) is 13.5. The summed E-state index contributed by atoms with van der Waals surface area (Å²) in [6.07, 6.45) is -0.0700. The van der Waals surface area contributed by atoms with Gasteiger partial charge in [0.05, 0.1) is 32.2 Å². The largest absolute Gasteiger partial charge is 0.468 e. The maximum Gasteiger partial charge on any atom is 0.326 e. The fourth-order valence-corrected chi connectivity index (χ4v) is 2.01. The Morgan fingerprint density at radius 3 is 2.41 bits per heavy atom. The van der Waals surface area contributed by atoms with Gasteiger partial charge in [-0.05, 0) is 13.8 Å². The molecule has 17 heavy (non-hydrogen) atoms. The zero-order valence-electron chi connectivity index (χ0n) is 10.2. The van der Waals surface area contributed by atoms with Crippen LogP contribution in [0.5, 0.6) is 0 Å². The van der Waals surface area contributed by atoms with E-state index < -0.39 is 28.6 Å². The van der Waals surface area contributed by atoms with Gasteiger partial charge in [-0.3, -0.25) is 4.79 Å². The van der Waals surface area contributed by atoms with Crippen LogP contribution >= 0.6 is 0 Å². The molecule has 0 fully saturated rings. The van der Waals surface area contributed by atoms with Gasteiger partial charge < -0.3 is 14.6 Å². The summed E-state index contributed by atoms with van der Waals surface area (Å²) in [5.41, 5.74) is 0. The summed E-state index contributed by atoms with van der Waals surface area (Å²) in [6.45, 7) is 2.93. The summed E-state index contributed by atoms with van der Waals surface area (Å²) in [5.74, 6) is -1.11. The van der Waals surface area contributed by atoms with Crippen LogP contribution < -0.4 is 4.72 Å². The van der Waals surface area contributed by atoms with Crippen molar-refractivity contribution < 1.29 is 27.8 Å². The van der Waals surface area contributed by atoms with Crippen molar-refractivity contribution >= 4 is 16.0 Å². The molecule has 0 aromatic rings. The number of ether oxygens (including phenoxy) is 2. The van der Waals surface area contributed by atoms with Gasteiger partial charge in [0.15, 0.2) is 0 Å². The number of aliphatic hydroxyl groups excluding tert-OH is 1. The average molecular weight is 269 g/mol. The molecule has 0 amide bonds. The van der Waals surface area contributed by atoms with Crippen LogP contribution in [-0.2, 0) is 24.3 Å². The van der Waals surface area contributed by atoms with Crippen LogP contribution in [0.3, 0.4) is 0 Å². The van der Waals surface area contributed by atoms with Crippen LogP contribution in [0.15, 0.2) is 0 Å². The fraction of sp³-hybridized carbons (Fsp3) is 0.889. The van der Waals surface area contributed by atoms with E-state index in [2.05, 4.69) is 4.74 Å². The molecule has 0 spiro atoms. The Kier molecular flexibility index (Phi) is 7.28. The maximum atomic E-state index is 11.5. The van der Waals surface area contributed by atoms with Crippen molar-refractivity contribution in [2.24, 2.45) is 0 Å². The minimum Gasteiger partial charge on any atom is -0.468 e. The van der Waals surface area contributed by atoms with Gasteiger partial charge in [0.1, 0.15) is 6.04 Å². The monoisotopic (exact) mass is 269 g/mol. The van der Waals surface area contributed by atoms with Gasteiger partial charge in [-0.15, -0.1) is 0 Å². The number of rotatable bonds is 8. The predicted octanol–water partition coefficient (Wildman–Crippen LogP) is -1.14. The van der Waals surface area contributed by atoms with Gasteiger partial charge in [-0.1, -0.05) is 0 Å². The van der Waals surface area contributed by atoms with Crippen LogP contribution in [0.25, 0.3) is 0 Å². The van der Waals surface area contributed by atoms with Crippen molar-refractivity contribution in [1.82, 2.24) is 4.72 Å². The highest BCUT2D eigenvalue weighted by atomic mass is 32.2. The Hall–Kier alpha value is -0.700. The quantitative estimate of drug-likeness (QED) is 0.540. The van der Waals surface area contributed by atoms with Crippen LogP contribution in [0.1, 0.15) is 13.8 Å². The summed E-state index contributed by atoms with van der Waals surface area (Å²) in [4.78, 5) is 11.1. The van der Waals surface area contributed by atoms with Crippen LogP contribution in [0.4, 0.5) is 0 Å². The number of esters is 1. The van der Waals surface area contributed by atoms with Crippen molar-refractivity contribution in [2.75, 3.05) is 26.1 Å². The minimum absolute atomic E-state index is 0.0202. The molecule has 8 heteroatoms.